The number of nitro groups is 1. The van der Waals surface area contributed by atoms with Crippen molar-refractivity contribution in [2.24, 2.45) is 5.92 Å². The molecule has 1 aromatic rings. The van der Waals surface area contributed by atoms with E-state index in [1.165, 1.54) is 22.5 Å². The molecular formula is C13H19N3O4S. The fraction of sp³-hybridized carbons (Fsp3) is 0.538. The van der Waals surface area contributed by atoms with Crippen molar-refractivity contribution >= 4 is 21.4 Å². The van der Waals surface area contributed by atoms with Crippen molar-refractivity contribution < 1.29 is 13.3 Å². The van der Waals surface area contributed by atoms with E-state index in [1.807, 2.05) is 0 Å². The molecular weight excluding hydrogens is 294 g/mol. The number of nitrogens with two attached hydrogens (primary N) is 1. The Balaban J connectivity index is 2.51. The van der Waals surface area contributed by atoms with Gasteiger partial charge in [0.25, 0.3) is 0 Å². The number of sulfonamides is 1. The third-order valence-electron chi connectivity index (χ3n) is 3.51. The molecule has 0 aromatic heterocycles. The molecule has 1 aliphatic carbocycles. The minimum absolute atomic E-state index is 0.142. The van der Waals surface area contributed by atoms with Crippen LogP contribution in [-0.4, -0.2) is 30.2 Å². The highest BCUT2D eigenvalue weighted by Gasteiger charge is 2.37. The maximum Gasteiger partial charge on any atom is 0.312 e. The normalized spacial score (nSPS) is 15.6. The fourth-order valence-corrected chi connectivity index (χ4v) is 4.11. The molecule has 2 N–H and O–H groups in total. The first-order valence-electron chi connectivity index (χ1n) is 6.80. The van der Waals surface area contributed by atoms with Crippen LogP contribution in [0.5, 0.6) is 0 Å². The summed E-state index contributed by atoms with van der Waals surface area (Å²) in [5.41, 5.74) is 4.90. The zero-order valence-electron chi connectivity index (χ0n) is 12.0. The van der Waals surface area contributed by atoms with Crippen molar-refractivity contribution in [1.82, 2.24) is 4.31 Å². The van der Waals surface area contributed by atoms with Gasteiger partial charge in [-0.2, -0.15) is 4.31 Å². The predicted octanol–water partition coefficient (Wildman–Crippen LogP) is 1.99. The van der Waals surface area contributed by atoms with E-state index in [-0.39, 0.29) is 16.6 Å². The summed E-state index contributed by atoms with van der Waals surface area (Å²) in [7, 11) is -3.94. The van der Waals surface area contributed by atoms with Gasteiger partial charge in [0.05, 0.1) is 4.92 Å². The van der Waals surface area contributed by atoms with Gasteiger partial charge in [-0.15, -0.1) is 0 Å². The van der Waals surface area contributed by atoms with Crippen LogP contribution in [0.2, 0.25) is 0 Å². The van der Waals surface area contributed by atoms with Gasteiger partial charge in [0, 0.05) is 12.6 Å². The Bertz CT molecular complexity index is 653. The third kappa shape index (κ3) is 3.16. The first-order valence-corrected chi connectivity index (χ1v) is 8.24. The third-order valence-corrected chi connectivity index (χ3v) is 5.58. The average Bonchev–Trinajstić information content (AvgIpc) is 3.18. The smallest absolute Gasteiger partial charge is 0.312 e. The molecule has 0 unspecified atom stereocenters. The highest BCUT2D eigenvalue weighted by Crippen LogP contribution is 2.36. The van der Waals surface area contributed by atoms with Crippen LogP contribution >= 0.6 is 0 Å². The van der Waals surface area contributed by atoms with Crippen LogP contribution in [0.15, 0.2) is 23.1 Å². The summed E-state index contributed by atoms with van der Waals surface area (Å²) in [6, 6.07) is 3.73. The second-order valence-electron chi connectivity index (χ2n) is 5.56. The molecule has 0 spiro atoms. The Morgan fingerprint density at radius 3 is 2.52 bits per heavy atom. The summed E-state index contributed by atoms with van der Waals surface area (Å²) in [4.78, 5) is 10.1. The van der Waals surface area contributed by atoms with Gasteiger partial charge < -0.3 is 5.73 Å². The molecule has 21 heavy (non-hydrogen) atoms. The zero-order chi connectivity index (χ0) is 15.8. The van der Waals surface area contributed by atoms with E-state index in [1.54, 1.807) is 13.8 Å². The quantitative estimate of drug-likeness (QED) is 0.491. The minimum atomic E-state index is -3.94. The summed E-state index contributed by atoms with van der Waals surface area (Å²) in [5, 5.41) is 11.2. The van der Waals surface area contributed by atoms with Crippen molar-refractivity contribution in [3.63, 3.8) is 0 Å². The Hall–Kier alpha value is -1.67. The molecule has 0 saturated heterocycles. The molecule has 0 bridgehead atoms. The second-order valence-corrected chi connectivity index (χ2v) is 7.42. The van der Waals surface area contributed by atoms with Crippen LogP contribution in [0.1, 0.15) is 26.7 Å². The van der Waals surface area contributed by atoms with E-state index >= 15 is 0 Å². The molecule has 0 amide bonds. The summed E-state index contributed by atoms with van der Waals surface area (Å²) in [6.07, 6.45) is 2.00. The standard InChI is InChI=1S/C13H19N3O4S/c1-9(2)15(8-10-6-7-10)21(19,20)12-5-3-4-11(14)13(12)16(17)18/h3-5,9-10H,6-8,14H2,1-2H3. The van der Waals surface area contributed by atoms with Crippen molar-refractivity contribution in [3.05, 3.63) is 28.3 Å². The lowest BCUT2D eigenvalue weighted by molar-refractivity contribution is -0.386. The molecule has 0 radical (unpaired) electrons. The Kier molecular flexibility index (Phi) is 4.20. The first kappa shape index (κ1) is 15.7. The number of anilines is 1. The molecule has 7 nitrogen and oxygen atoms in total. The van der Waals surface area contributed by atoms with Crippen LogP contribution in [-0.2, 0) is 10.0 Å². The van der Waals surface area contributed by atoms with Crippen molar-refractivity contribution in [2.75, 3.05) is 12.3 Å². The molecule has 0 aliphatic heterocycles. The molecule has 0 heterocycles. The maximum atomic E-state index is 12.8. The Labute approximate surface area is 123 Å². The number of nitrogens with zero attached hydrogens (tertiary/aromatic N) is 2. The molecule has 1 aromatic carbocycles. The van der Waals surface area contributed by atoms with E-state index in [0.717, 1.165) is 12.8 Å². The average molecular weight is 313 g/mol. The zero-order valence-corrected chi connectivity index (χ0v) is 12.8. The minimum Gasteiger partial charge on any atom is -0.393 e. The number of nitrogen functional groups attached to an aromatic ring is 1. The van der Waals surface area contributed by atoms with Gasteiger partial charge in [-0.05, 0) is 44.7 Å². The van der Waals surface area contributed by atoms with Crippen LogP contribution in [0.4, 0.5) is 11.4 Å². The van der Waals surface area contributed by atoms with E-state index < -0.39 is 20.6 Å². The van der Waals surface area contributed by atoms with E-state index in [2.05, 4.69) is 0 Å². The van der Waals surface area contributed by atoms with Gasteiger partial charge in [0.1, 0.15) is 5.69 Å². The van der Waals surface area contributed by atoms with E-state index in [9.17, 15) is 18.5 Å². The highest BCUT2D eigenvalue weighted by atomic mass is 32.2. The number of hydrogen-bond acceptors (Lipinski definition) is 5. The van der Waals surface area contributed by atoms with E-state index in [0.29, 0.717) is 12.5 Å². The van der Waals surface area contributed by atoms with Crippen LogP contribution < -0.4 is 5.73 Å². The molecule has 1 fully saturated rings. The number of rotatable bonds is 6. The summed E-state index contributed by atoms with van der Waals surface area (Å²) in [6.45, 7) is 3.92. The van der Waals surface area contributed by atoms with Crippen molar-refractivity contribution in [2.45, 2.75) is 37.6 Å². The Morgan fingerprint density at radius 1 is 1.43 bits per heavy atom. The van der Waals surface area contributed by atoms with Gasteiger partial charge >= 0.3 is 5.69 Å². The van der Waals surface area contributed by atoms with E-state index in [4.69, 9.17) is 5.73 Å². The topological polar surface area (TPSA) is 107 Å². The van der Waals surface area contributed by atoms with Gasteiger partial charge in [-0.1, -0.05) is 6.07 Å². The highest BCUT2D eigenvalue weighted by molar-refractivity contribution is 7.89. The second kappa shape index (κ2) is 5.61. The molecule has 1 aliphatic rings. The molecule has 2 rings (SSSR count). The van der Waals surface area contributed by atoms with Gasteiger partial charge in [0.2, 0.25) is 10.0 Å². The van der Waals surface area contributed by atoms with Gasteiger partial charge in [0.15, 0.2) is 4.90 Å². The summed E-state index contributed by atoms with van der Waals surface area (Å²) in [5.74, 6) is 0.349. The predicted molar refractivity (Wildman–Crippen MR) is 79.3 cm³/mol. The first-order chi connectivity index (χ1) is 9.75. The molecule has 116 valence electrons. The number of hydrogen-bond donors (Lipinski definition) is 1. The van der Waals surface area contributed by atoms with Gasteiger partial charge in [-0.25, -0.2) is 8.42 Å². The molecule has 8 heteroatoms. The van der Waals surface area contributed by atoms with Crippen molar-refractivity contribution in [3.8, 4) is 0 Å². The lowest BCUT2D eigenvalue weighted by Gasteiger charge is -2.25. The Morgan fingerprint density at radius 2 is 2.05 bits per heavy atom. The molecule has 1 saturated carbocycles. The number of benzene rings is 1. The lowest BCUT2D eigenvalue weighted by atomic mass is 10.3. The number of para-hydroxylation sites is 1. The van der Waals surface area contributed by atoms with Crippen LogP contribution in [0.3, 0.4) is 0 Å². The SMILES string of the molecule is CC(C)N(CC1CC1)S(=O)(=O)c1cccc(N)c1[N+](=O)[O-]. The fourth-order valence-electron chi connectivity index (χ4n) is 2.21. The van der Waals surface area contributed by atoms with Crippen LogP contribution in [0.25, 0.3) is 0 Å². The van der Waals surface area contributed by atoms with Gasteiger partial charge in [-0.3, -0.25) is 10.1 Å². The van der Waals surface area contributed by atoms with Crippen LogP contribution in [0, 0.1) is 16.0 Å². The maximum absolute atomic E-state index is 12.8. The molecule has 0 atom stereocenters. The largest absolute Gasteiger partial charge is 0.393 e. The summed E-state index contributed by atoms with van der Waals surface area (Å²) < 4.78 is 26.9. The monoisotopic (exact) mass is 313 g/mol. The lowest BCUT2D eigenvalue weighted by Crippen LogP contribution is -2.38. The van der Waals surface area contributed by atoms with Crippen molar-refractivity contribution in [1.29, 1.82) is 0 Å². The summed E-state index contributed by atoms with van der Waals surface area (Å²) >= 11 is 0. The number of nitro benzene ring substituents is 1.